The Bertz CT molecular complexity index is 1020. The van der Waals surface area contributed by atoms with Crippen LogP contribution in [0.2, 0.25) is 0 Å². The Morgan fingerprint density at radius 3 is 2.58 bits per heavy atom. The molecular formula is C23H30FN3O3S. The van der Waals surface area contributed by atoms with Crippen molar-refractivity contribution in [2.24, 2.45) is 4.99 Å². The van der Waals surface area contributed by atoms with Crippen LogP contribution >= 0.6 is 0 Å². The molecule has 2 N–H and O–H groups in total. The van der Waals surface area contributed by atoms with Crippen LogP contribution in [0.1, 0.15) is 42.9 Å². The highest BCUT2D eigenvalue weighted by molar-refractivity contribution is 7.89. The average molecular weight is 448 g/mol. The minimum absolute atomic E-state index is 0.145. The van der Waals surface area contributed by atoms with E-state index in [1.165, 1.54) is 24.6 Å². The summed E-state index contributed by atoms with van der Waals surface area (Å²) in [5, 5.41) is 6.46. The van der Waals surface area contributed by atoms with Gasteiger partial charge in [0.25, 0.3) is 0 Å². The summed E-state index contributed by atoms with van der Waals surface area (Å²) in [6.45, 7) is 3.31. The maximum atomic E-state index is 13.8. The molecule has 2 aromatic rings. The summed E-state index contributed by atoms with van der Waals surface area (Å²) in [5.74, 6) is 0.877. The van der Waals surface area contributed by atoms with E-state index in [4.69, 9.17) is 4.74 Å². The van der Waals surface area contributed by atoms with Gasteiger partial charge in [-0.15, -0.1) is 0 Å². The van der Waals surface area contributed by atoms with Crippen LogP contribution in [-0.2, 0) is 28.7 Å². The molecular weight excluding hydrogens is 417 g/mol. The molecule has 1 aliphatic rings. The Labute approximate surface area is 183 Å². The van der Waals surface area contributed by atoms with E-state index >= 15 is 0 Å². The van der Waals surface area contributed by atoms with E-state index in [-0.39, 0.29) is 12.3 Å². The van der Waals surface area contributed by atoms with E-state index in [0.717, 1.165) is 30.4 Å². The first kappa shape index (κ1) is 23.1. The van der Waals surface area contributed by atoms with Crippen LogP contribution in [0.4, 0.5) is 4.39 Å². The number of nitrogens with zero attached hydrogens (tertiary/aromatic N) is 1. The molecule has 0 heterocycles. The van der Waals surface area contributed by atoms with Crippen molar-refractivity contribution in [2.45, 2.75) is 51.1 Å². The third kappa shape index (κ3) is 7.24. The van der Waals surface area contributed by atoms with Gasteiger partial charge in [0, 0.05) is 24.9 Å². The second-order valence-electron chi connectivity index (χ2n) is 7.81. The lowest BCUT2D eigenvalue weighted by Crippen LogP contribution is -2.37. The quantitative estimate of drug-likeness (QED) is 0.454. The van der Waals surface area contributed by atoms with Gasteiger partial charge in [-0.2, -0.15) is 0 Å². The Balaban J connectivity index is 1.71. The van der Waals surface area contributed by atoms with E-state index < -0.39 is 15.7 Å². The number of hydrogen-bond donors (Lipinski definition) is 2. The standard InChI is InChI=1S/C23H30FN3O3S/c1-3-25-23(26-14-17-7-4-5-10-22(17)30-21-8-6-9-21)27-15-19-13-20(24)12-11-18(19)16-31(2,28)29/h4-5,7,10-13,21H,3,6,8-9,14-16H2,1-2H3,(H2,25,26,27). The summed E-state index contributed by atoms with van der Waals surface area (Å²) in [4.78, 5) is 4.54. The van der Waals surface area contributed by atoms with Crippen LogP contribution in [-0.4, -0.2) is 33.3 Å². The van der Waals surface area contributed by atoms with Gasteiger partial charge in [0.1, 0.15) is 11.6 Å². The molecule has 0 atom stereocenters. The number of guanidine groups is 1. The number of ether oxygens (including phenoxy) is 1. The molecule has 2 aromatic carbocycles. The fourth-order valence-corrected chi connectivity index (χ4v) is 4.13. The van der Waals surface area contributed by atoms with Gasteiger partial charge in [-0.05, 0) is 55.5 Å². The Kier molecular flexibility index (Phi) is 7.90. The first-order valence-corrected chi connectivity index (χ1v) is 12.6. The molecule has 0 spiro atoms. The fourth-order valence-electron chi connectivity index (χ4n) is 3.28. The molecule has 0 aliphatic heterocycles. The fraction of sp³-hybridized carbons (Fsp3) is 0.435. The lowest BCUT2D eigenvalue weighted by molar-refractivity contribution is 0.119. The van der Waals surface area contributed by atoms with Crippen LogP contribution in [0, 0.1) is 5.82 Å². The summed E-state index contributed by atoms with van der Waals surface area (Å²) in [6.07, 6.45) is 4.86. The van der Waals surface area contributed by atoms with E-state index in [9.17, 15) is 12.8 Å². The molecule has 0 saturated heterocycles. The highest BCUT2D eigenvalue weighted by Crippen LogP contribution is 2.27. The smallest absolute Gasteiger partial charge is 0.191 e. The SMILES string of the molecule is CCNC(=NCc1cc(F)ccc1CS(C)(=O)=O)NCc1ccccc1OC1CCC1. The molecule has 3 rings (SSSR count). The van der Waals surface area contributed by atoms with Crippen LogP contribution in [0.5, 0.6) is 5.75 Å². The van der Waals surface area contributed by atoms with Gasteiger partial charge in [-0.25, -0.2) is 17.8 Å². The first-order chi connectivity index (χ1) is 14.8. The van der Waals surface area contributed by atoms with E-state index in [1.54, 1.807) is 0 Å². The van der Waals surface area contributed by atoms with Gasteiger partial charge >= 0.3 is 0 Å². The van der Waals surface area contributed by atoms with Crippen molar-refractivity contribution in [1.82, 2.24) is 10.6 Å². The third-order valence-corrected chi connectivity index (χ3v) is 5.94. The number of rotatable bonds is 9. The van der Waals surface area contributed by atoms with Crippen molar-refractivity contribution in [3.05, 3.63) is 65.0 Å². The predicted molar refractivity (Wildman–Crippen MR) is 121 cm³/mol. The number of hydrogen-bond acceptors (Lipinski definition) is 4. The number of halogens is 1. The number of para-hydroxylation sites is 1. The van der Waals surface area contributed by atoms with Crippen LogP contribution in [0.15, 0.2) is 47.5 Å². The number of sulfone groups is 1. The van der Waals surface area contributed by atoms with Gasteiger partial charge in [0.2, 0.25) is 0 Å². The molecule has 1 aliphatic carbocycles. The lowest BCUT2D eigenvalue weighted by atomic mass is 9.96. The van der Waals surface area contributed by atoms with Crippen LogP contribution in [0.3, 0.4) is 0 Å². The molecule has 0 radical (unpaired) electrons. The summed E-state index contributed by atoms with van der Waals surface area (Å²) in [5.41, 5.74) is 2.14. The maximum Gasteiger partial charge on any atom is 0.191 e. The molecule has 0 unspecified atom stereocenters. The van der Waals surface area contributed by atoms with Crippen molar-refractivity contribution in [1.29, 1.82) is 0 Å². The highest BCUT2D eigenvalue weighted by atomic mass is 32.2. The van der Waals surface area contributed by atoms with Crippen LogP contribution in [0.25, 0.3) is 0 Å². The monoisotopic (exact) mass is 447 g/mol. The highest BCUT2D eigenvalue weighted by Gasteiger charge is 2.20. The van der Waals surface area contributed by atoms with Gasteiger partial charge in [0.15, 0.2) is 15.8 Å². The molecule has 0 bridgehead atoms. The maximum absolute atomic E-state index is 13.8. The molecule has 0 amide bonds. The van der Waals surface area contributed by atoms with Crippen molar-refractivity contribution < 1.29 is 17.5 Å². The van der Waals surface area contributed by atoms with Gasteiger partial charge in [-0.1, -0.05) is 24.3 Å². The van der Waals surface area contributed by atoms with Crippen LogP contribution < -0.4 is 15.4 Å². The zero-order valence-corrected chi connectivity index (χ0v) is 18.8. The molecule has 0 aromatic heterocycles. The average Bonchev–Trinajstić information content (AvgIpc) is 2.68. The van der Waals surface area contributed by atoms with Gasteiger partial charge in [0.05, 0.1) is 18.4 Å². The van der Waals surface area contributed by atoms with Crippen molar-refractivity contribution in [2.75, 3.05) is 12.8 Å². The molecule has 8 heteroatoms. The number of nitrogens with one attached hydrogen (secondary N) is 2. The van der Waals surface area contributed by atoms with Gasteiger partial charge in [-0.3, -0.25) is 0 Å². The summed E-state index contributed by atoms with van der Waals surface area (Å²) < 4.78 is 43.3. The molecule has 1 saturated carbocycles. The zero-order chi connectivity index (χ0) is 22.3. The second-order valence-corrected chi connectivity index (χ2v) is 9.95. The molecule has 1 fully saturated rings. The topological polar surface area (TPSA) is 79.8 Å². The Morgan fingerprint density at radius 2 is 1.90 bits per heavy atom. The minimum atomic E-state index is -3.24. The normalized spacial score (nSPS) is 14.7. The van der Waals surface area contributed by atoms with Gasteiger partial charge < -0.3 is 15.4 Å². The third-order valence-electron chi connectivity index (χ3n) is 5.10. The largest absolute Gasteiger partial charge is 0.490 e. The van der Waals surface area contributed by atoms with Crippen molar-refractivity contribution >= 4 is 15.8 Å². The summed E-state index contributed by atoms with van der Waals surface area (Å²) >= 11 is 0. The first-order valence-electron chi connectivity index (χ1n) is 10.6. The van der Waals surface area contributed by atoms with Crippen molar-refractivity contribution in [3.8, 4) is 5.75 Å². The molecule has 6 nitrogen and oxygen atoms in total. The zero-order valence-electron chi connectivity index (χ0n) is 18.0. The summed E-state index contributed by atoms with van der Waals surface area (Å²) in [6, 6.07) is 12.1. The Morgan fingerprint density at radius 1 is 1.13 bits per heavy atom. The van der Waals surface area contributed by atoms with E-state index in [0.29, 0.717) is 36.3 Å². The molecule has 31 heavy (non-hydrogen) atoms. The lowest BCUT2D eigenvalue weighted by Gasteiger charge is -2.27. The van der Waals surface area contributed by atoms with E-state index in [2.05, 4.69) is 15.6 Å². The van der Waals surface area contributed by atoms with E-state index in [1.807, 2.05) is 31.2 Å². The number of benzene rings is 2. The number of aliphatic imine (C=N–C) groups is 1. The Hall–Kier alpha value is -2.61. The second kappa shape index (κ2) is 10.6. The minimum Gasteiger partial charge on any atom is -0.490 e. The predicted octanol–water partition coefficient (Wildman–Crippen LogP) is 3.56. The molecule has 168 valence electrons. The summed E-state index contributed by atoms with van der Waals surface area (Å²) in [7, 11) is -3.24. The van der Waals surface area contributed by atoms with Crippen molar-refractivity contribution in [3.63, 3.8) is 0 Å².